The van der Waals surface area contributed by atoms with Crippen molar-refractivity contribution in [2.75, 3.05) is 11.9 Å². The fraction of sp³-hybridized carbons (Fsp3) is 0.444. The summed E-state index contributed by atoms with van der Waals surface area (Å²) in [6.45, 7) is 0.987. The molecule has 0 atom stereocenters. The zero-order valence-corrected chi connectivity index (χ0v) is 9.00. The summed E-state index contributed by atoms with van der Waals surface area (Å²) in [5, 5.41) is 14.2. The van der Waals surface area contributed by atoms with E-state index in [1.165, 1.54) is 24.2 Å². The molecule has 2 aliphatic rings. The Bertz CT molecular complexity index is 409. The van der Waals surface area contributed by atoms with Crippen molar-refractivity contribution in [3.05, 3.63) is 10.3 Å². The summed E-state index contributed by atoms with van der Waals surface area (Å²) < 4.78 is 0.318. The summed E-state index contributed by atoms with van der Waals surface area (Å²) in [6, 6.07) is 0. The molecule has 0 bridgehead atoms. The monoisotopic (exact) mass is 227 g/mol. The van der Waals surface area contributed by atoms with Crippen LogP contribution in [0.15, 0.2) is 10.3 Å². The molecule has 3 rings (SSSR count). The van der Waals surface area contributed by atoms with Gasteiger partial charge in [0.05, 0.1) is 10.6 Å². The summed E-state index contributed by atoms with van der Waals surface area (Å²) in [6.07, 6.45) is 2.41. The average Bonchev–Trinajstić information content (AvgIpc) is 2.77. The Hall–Kier alpha value is -0.680. The molecule has 1 aliphatic heterocycles. The van der Waals surface area contributed by atoms with Gasteiger partial charge < -0.3 is 10.4 Å². The van der Waals surface area contributed by atoms with Gasteiger partial charge in [0.15, 0.2) is 0 Å². The van der Waals surface area contributed by atoms with Crippen LogP contribution in [-0.2, 0) is 0 Å². The molecule has 0 radical (unpaired) electrons. The number of thiophene rings is 1. The van der Waals surface area contributed by atoms with Gasteiger partial charge in [-0.25, -0.2) is 4.79 Å². The van der Waals surface area contributed by atoms with Crippen LogP contribution in [0.2, 0.25) is 0 Å². The van der Waals surface area contributed by atoms with E-state index in [-0.39, 0.29) is 0 Å². The Kier molecular flexibility index (Phi) is 1.64. The average molecular weight is 227 g/mol. The lowest BCUT2D eigenvalue weighted by Gasteiger charge is -2.23. The van der Waals surface area contributed by atoms with Crippen LogP contribution in [0, 0.1) is 0 Å². The van der Waals surface area contributed by atoms with E-state index in [4.69, 9.17) is 5.11 Å². The van der Waals surface area contributed by atoms with Gasteiger partial charge in [0.2, 0.25) is 0 Å². The van der Waals surface area contributed by atoms with Crippen LogP contribution in [0.25, 0.3) is 0 Å². The lowest BCUT2D eigenvalue weighted by Crippen LogP contribution is -2.22. The zero-order valence-electron chi connectivity index (χ0n) is 7.37. The van der Waals surface area contributed by atoms with E-state index >= 15 is 0 Å². The number of carbonyl (C=O) groups is 1. The molecule has 1 aromatic rings. The minimum absolute atomic E-state index is 0.318. The minimum Gasteiger partial charge on any atom is -0.477 e. The van der Waals surface area contributed by atoms with Crippen molar-refractivity contribution in [1.29, 1.82) is 0 Å². The summed E-state index contributed by atoms with van der Waals surface area (Å²) in [5.41, 5.74) is 1.01. The Morgan fingerprint density at radius 1 is 1.57 bits per heavy atom. The van der Waals surface area contributed by atoms with E-state index in [2.05, 4.69) is 5.32 Å². The first-order valence-electron chi connectivity index (χ1n) is 4.48. The van der Waals surface area contributed by atoms with Crippen LogP contribution in [0.3, 0.4) is 0 Å². The first-order chi connectivity index (χ1) is 6.70. The van der Waals surface area contributed by atoms with Crippen LogP contribution in [-0.4, -0.2) is 22.4 Å². The predicted molar refractivity (Wildman–Crippen MR) is 57.6 cm³/mol. The molecule has 0 unspecified atom stereocenters. The molecule has 74 valence electrons. The third-order valence-corrected chi connectivity index (χ3v) is 5.38. The second kappa shape index (κ2) is 2.67. The maximum absolute atomic E-state index is 10.9. The van der Waals surface area contributed by atoms with E-state index < -0.39 is 5.97 Å². The van der Waals surface area contributed by atoms with Gasteiger partial charge in [-0.3, -0.25) is 0 Å². The van der Waals surface area contributed by atoms with Crippen molar-refractivity contribution in [2.24, 2.45) is 0 Å². The van der Waals surface area contributed by atoms with E-state index in [0.717, 1.165) is 17.1 Å². The standard InChI is InChI=1S/C9H9NO2S2/c11-8(12)7-6-5(3-13-7)10-4-9(14-6)1-2-9/h3,10H,1-2,4H2,(H,11,12). The van der Waals surface area contributed by atoms with Gasteiger partial charge in [0, 0.05) is 16.7 Å². The van der Waals surface area contributed by atoms with Gasteiger partial charge in [0.25, 0.3) is 0 Å². The number of carboxylic acids is 1. The molecule has 1 aromatic heterocycles. The lowest BCUT2D eigenvalue weighted by molar-refractivity contribution is 0.0699. The summed E-state index contributed by atoms with van der Waals surface area (Å²) in [5.74, 6) is -0.803. The van der Waals surface area contributed by atoms with Gasteiger partial charge >= 0.3 is 5.97 Å². The number of thioether (sulfide) groups is 1. The summed E-state index contributed by atoms with van der Waals surface area (Å²) in [7, 11) is 0. The topological polar surface area (TPSA) is 49.3 Å². The fourth-order valence-corrected chi connectivity index (χ4v) is 4.05. The van der Waals surface area contributed by atoms with Crippen molar-refractivity contribution in [3.63, 3.8) is 0 Å². The van der Waals surface area contributed by atoms with Gasteiger partial charge in [-0.05, 0) is 12.8 Å². The van der Waals surface area contributed by atoms with Gasteiger partial charge in [-0.2, -0.15) is 0 Å². The van der Waals surface area contributed by atoms with Crippen molar-refractivity contribution in [3.8, 4) is 0 Å². The number of anilines is 1. The van der Waals surface area contributed by atoms with Gasteiger partial charge in [-0.1, -0.05) is 0 Å². The highest BCUT2D eigenvalue weighted by Crippen LogP contribution is 2.57. The summed E-state index contributed by atoms with van der Waals surface area (Å²) in [4.78, 5) is 12.4. The molecule has 3 nitrogen and oxygen atoms in total. The van der Waals surface area contributed by atoms with Crippen LogP contribution in [0.5, 0.6) is 0 Å². The molecular weight excluding hydrogens is 218 g/mol. The van der Waals surface area contributed by atoms with E-state index in [0.29, 0.717) is 9.62 Å². The molecule has 2 heterocycles. The molecule has 1 aliphatic carbocycles. The maximum Gasteiger partial charge on any atom is 0.347 e. The number of hydrogen-bond acceptors (Lipinski definition) is 4. The van der Waals surface area contributed by atoms with Crippen molar-refractivity contribution in [2.45, 2.75) is 22.5 Å². The number of rotatable bonds is 1. The zero-order chi connectivity index (χ0) is 9.76. The Balaban J connectivity index is 2.03. The number of hydrogen-bond donors (Lipinski definition) is 2. The molecule has 0 aromatic carbocycles. The van der Waals surface area contributed by atoms with Crippen LogP contribution in [0.4, 0.5) is 5.69 Å². The Labute approximate surface area is 89.5 Å². The van der Waals surface area contributed by atoms with E-state index in [1.54, 1.807) is 11.8 Å². The van der Waals surface area contributed by atoms with Crippen molar-refractivity contribution >= 4 is 34.8 Å². The number of nitrogens with one attached hydrogen (secondary N) is 1. The van der Waals surface area contributed by atoms with Crippen molar-refractivity contribution < 1.29 is 9.90 Å². The molecule has 1 fully saturated rings. The molecule has 0 amide bonds. The third kappa shape index (κ3) is 1.15. The number of carboxylic acid groups (broad SMARTS) is 1. The van der Waals surface area contributed by atoms with Crippen molar-refractivity contribution in [1.82, 2.24) is 0 Å². The van der Waals surface area contributed by atoms with Gasteiger partial charge in [0.1, 0.15) is 4.88 Å². The normalized spacial score (nSPS) is 21.4. The second-order valence-electron chi connectivity index (χ2n) is 3.75. The third-order valence-electron chi connectivity index (χ3n) is 2.67. The van der Waals surface area contributed by atoms with Crippen LogP contribution >= 0.6 is 23.1 Å². The highest BCUT2D eigenvalue weighted by molar-refractivity contribution is 8.01. The quantitative estimate of drug-likeness (QED) is 0.774. The largest absolute Gasteiger partial charge is 0.477 e. The SMILES string of the molecule is O=C(O)c1scc2c1SC1(CC1)CN2. The Morgan fingerprint density at radius 2 is 2.36 bits per heavy atom. The van der Waals surface area contributed by atoms with E-state index in [1.807, 2.05) is 5.38 Å². The molecule has 1 spiro atoms. The maximum atomic E-state index is 10.9. The Morgan fingerprint density at radius 3 is 3.00 bits per heavy atom. The molecule has 2 N–H and O–H groups in total. The van der Waals surface area contributed by atoms with Crippen LogP contribution < -0.4 is 5.32 Å². The van der Waals surface area contributed by atoms with Gasteiger partial charge in [-0.15, -0.1) is 23.1 Å². The molecule has 5 heteroatoms. The van der Waals surface area contributed by atoms with E-state index in [9.17, 15) is 4.79 Å². The molecular formula is C9H9NO2S2. The summed E-state index contributed by atoms with van der Waals surface area (Å²) >= 11 is 3.07. The molecule has 0 saturated heterocycles. The highest BCUT2D eigenvalue weighted by atomic mass is 32.2. The number of fused-ring (bicyclic) bond motifs is 1. The smallest absolute Gasteiger partial charge is 0.347 e. The fourth-order valence-electron chi connectivity index (χ4n) is 1.65. The lowest BCUT2D eigenvalue weighted by atomic mass is 10.3. The first-order valence-corrected chi connectivity index (χ1v) is 6.17. The molecule has 14 heavy (non-hydrogen) atoms. The number of aromatic carboxylic acids is 1. The molecule has 1 saturated carbocycles. The minimum atomic E-state index is -0.803. The predicted octanol–water partition coefficient (Wildman–Crippen LogP) is 2.50. The second-order valence-corrected chi connectivity index (χ2v) is 6.11. The highest BCUT2D eigenvalue weighted by Gasteiger charge is 2.47. The first kappa shape index (κ1) is 8.61. The van der Waals surface area contributed by atoms with Crippen LogP contribution in [0.1, 0.15) is 22.5 Å².